The number of fused-ring (bicyclic) bond motifs is 1. The maximum Gasteiger partial charge on any atom is 0.142 e. The summed E-state index contributed by atoms with van der Waals surface area (Å²) in [5.41, 5.74) is 2.53. The zero-order valence-electron chi connectivity index (χ0n) is 9.27. The molecular formula is C14H14OS. The number of benzene rings is 1. The molecule has 82 valence electrons. The van der Waals surface area contributed by atoms with Gasteiger partial charge in [0, 0.05) is 4.70 Å². The Bertz CT molecular complexity index is 522. The minimum Gasteiger partial charge on any atom is -0.299 e. The van der Waals surface area contributed by atoms with Gasteiger partial charge in [-0.15, -0.1) is 11.3 Å². The second-order valence-electron chi connectivity index (χ2n) is 3.91. The first kappa shape index (κ1) is 11.1. The minimum atomic E-state index is 0.862. The highest BCUT2D eigenvalue weighted by atomic mass is 32.1. The fraction of sp³-hybridized carbons (Fsp3) is 0.214. The number of hydrogen-bond donors (Lipinski definition) is 0. The molecule has 1 heterocycles. The van der Waals surface area contributed by atoms with Crippen LogP contribution in [0.1, 0.15) is 18.9 Å². The van der Waals surface area contributed by atoms with E-state index in [1.807, 2.05) is 6.92 Å². The van der Waals surface area contributed by atoms with Gasteiger partial charge in [0.1, 0.15) is 6.29 Å². The Labute approximate surface area is 99.4 Å². The van der Waals surface area contributed by atoms with Crippen molar-refractivity contribution >= 4 is 27.7 Å². The Hall–Kier alpha value is -1.41. The first-order valence-corrected chi connectivity index (χ1v) is 6.25. The molecule has 1 aromatic heterocycles. The van der Waals surface area contributed by atoms with Gasteiger partial charge in [0.25, 0.3) is 0 Å². The summed E-state index contributed by atoms with van der Waals surface area (Å²) < 4.78 is 1.34. The van der Waals surface area contributed by atoms with Gasteiger partial charge < -0.3 is 0 Å². The largest absolute Gasteiger partial charge is 0.299 e. The maximum absolute atomic E-state index is 10.3. The van der Waals surface area contributed by atoms with E-state index in [-0.39, 0.29) is 0 Å². The van der Waals surface area contributed by atoms with Crippen LogP contribution in [0.25, 0.3) is 10.1 Å². The van der Waals surface area contributed by atoms with E-state index in [4.69, 9.17) is 0 Å². The highest BCUT2D eigenvalue weighted by Gasteiger charge is 2.02. The molecule has 2 aromatic rings. The van der Waals surface area contributed by atoms with Crippen molar-refractivity contribution in [3.05, 3.63) is 46.9 Å². The van der Waals surface area contributed by atoms with Gasteiger partial charge in [-0.25, -0.2) is 0 Å². The van der Waals surface area contributed by atoms with E-state index in [0.29, 0.717) is 0 Å². The molecule has 0 spiro atoms. The highest BCUT2D eigenvalue weighted by Crippen LogP contribution is 2.27. The van der Waals surface area contributed by atoms with Crippen molar-refractivity contribution in [2.45, 2.75) is 19.8 Å². The van der Waals surface area contributed by atoms with E-state index in [0.717, 1.165) is 24.7 Å². The van der Waals surface area contributed by atoms with E-state index < -0.39 is 0 Å². The first-order chi connectivity index (χ1) is 7.81. The summed E-state index contributed by atoms with van der Waals surface area (Å²) in [4.78, 5) is 10.3. The highest BCUT2D eigenvalue weighted by molar-refractivity contribution is 7.17. The lowest BCUT2D eigenvalue weighted by atomic mass is 10.0. The van der Waals surface area contributed by atoms with E-state index in [2.05, 4.69) is 29.6 Å². The molecule has 0 saturated heterocycles. The molecule has 1 aromatic carbocycles. The molecule has 0 saturated carbocycles. The normalized spacial score (nSPS) is 11.9. The third-order valence-electron chi connectivity index (χ3n) is 2.70. The van der Waals surface area contributed by atoms with Gasteiger partial charge in [-0.1, -0.05) is 23.8 Å². The third-order valence-corrected chi connectivity index (χ3v) is 3.71. The molecule has 2 heteroatoms. The molecule has 0 atom stereocenters. The molecule has 0 bridgehead atoms. The summed E-state index contributed by atoms with van der Waals surface area (Å²) in [5.74, 6) is 0. The van der Waals surface area contributed by atoms with Gasteiger partial charge in [-0.05, 0) is 48.2 Å². The molecule has 0 unspecified atom stereocenters. The van der Waals surface area contributed by atoms with Crippen molar-refractivity contribution in [3.63, 3.8) is 0 Å². The van der Waals surface area contributed by atoms with Crippen LogP contribution in [0.4, 0.5) is 0 Å². The van der Waals surface area contributed by atoms with Crippen LogP contribution in [0.2, 0.25) is 0 Å². The van der Waals surface area contributed by atoms with Crippen LogP contribution in [-0.2, 0) is 11.2 Å². The lowest BCUT2D eigenvalue weighted by Gasteiger charge is -1.99. The molecule has 0 fully saturated rings. The van der Waals surface area contributed by atoms with Gasteiger partial charge in [0.05, 0.1) is 0 Å². The number of allylic oxidation sites excluding steroid dienone is 2. The Balaban J connectivity index is 2.16. The average Bonchev–Trinajstić information content (AvgIpc) is 2.70. The number of thiophene rings is 1. The van der Waals surface area contributed by atoms with Gasteiger partial charge in [0.15, 0.2) is 0 Å². The summed E-state index contributed by atoms with van der Waals surface area (Å²) in [6.07, 6.45) is 4.48. The summed E-state index contributed by atoms with van der Waals surface area (Å²) in [7, 11) is 0. The average molecular weight is 230 g/mol. The molecule has 0 amide bonds. The SMILES string of the molecule is C/C(=C\C=O)CCc1csc2ccccc12. The zero-order valence-corrected chi connectivity index (χ0v) is 10.1. The number of carbonyl (C=O) groups is 1. The molecule has 0 aliphatic carbocycles. The third kappa shape index (κ3) is 2.39. The smallest absolute Gasteiger partial charge is 0.142 e. The van der Waals surface area contributed by atoms with Crippen LogP contribution in [0.3, 0.4) is 0 Å². The van der Waals surface area contributed by atoms with E-state index in [1.165, 1.54) is 15.6 Å². The Morgan fingerprint density at radius 3 is 3.00 bits per heavy atom. The van der Waals surface area contributed by atoms with Crippen LogP contribution in [-0.4, -0.2) is 6.29 Å². The Morgan fingerprint density at radius 1 is 1.38 bits per heavy atom. The van der Waals surface area contributed by atoms with Crippen molar-refractivity contribution in [2.24, 2.45) is 0 Å². The van der Waals surface area contributed by atoms with Crippen LogP contribution in [0.15, 0.2) is 41.3 Å². The van der Waals surface area contributed by atoms with Gasteiger partial charge in [-0.2, -0.15) is 0 Å². The van der Waals surface area contributed by atoms with E-state index in [1.54, 1.807) is 17.4 Å². The van der Waals surface area contributed by atoms with Crippen molar-refractivity contribution < 1.29 is 4.79 Å². The molecule has 0 aliphatic heterocycles. The molecule has 0 radical (unpaired) electrons. The minimum absolute atomic E-state index is 0.862. The molecule has 0 N–H and O–H groups in total. The second-order valence-corrected chi connectivity index (χ2v) is 4.82. The lowest BCUT2D eigenvalue weighted by Crippen LogP contribution is -1.85. The van der Waals surface area contributed by atoms with Crippen LogP contribution in [0, 0.1) is 0 Å². The molecule has 16 heavy (non-hydrogen) atoms. The van der Waals surface area contributed by atoms with E-state index in [9.17, 15) is 4.79 Å². The first-order valence-electron chi connectivity index (χ1n) is 5.37. The Kier molecular flexibility index (Phi) is 3.52. The standard InChI is InChI=1S/C14H14OS/c1-11(8-9-15)6-7-12-10-16-14-5-3-2-4-13(12)14/h2-5,8-10H,6-7H2,1H3/b11-8+. The van der Waals surface area contributed by atoms with E-state index >= 15 is 0 Å². The fourth-order valence-electron chi connectivity index (χ4n) is 1.76. The monoisotopic (exact) mass is 230 g/mol. The van der Waals surface area contributed by atoms with Crippen molar-refractivity contribution in [1.82, 2.24) is 0 Å². The molecule has 1 nitrogen and oxygen atoms in total. The summed E-state index contributed by atoms with van der Waals surface area (Å²) in [5, 5.41) is 3.57. The lowest BCUT2D eigenvalue weighted by molar-refractivity contribution is -0.104. The predicted molar refractivity (Wildman–Crippen MR) is 70.0 cm³/mol. The van der Waals surface area contributed by atoms with Crippen molar-refractivity contribution in [1.29, 1.82) is 0 Å². The summed E-state index contributed by atoms with van der Waals surface area (Å²) in [6.45, 7) is 2.00. The fourth-order valence-corrected chi connectivity index (χ4v) is 2.75. The molecule has 0 aliphatic rings. The number of carbonyl (C=O) groups excluding carboxylic acids is 1. The topological polar surface area (TPSA) is 17.1 Å². The number of aldehydes is 1. The predicted octanol–water partition coefficient (Wildman–Crippen LogP) is 3.98. The molecular weight excluding hydrogens is 216 g/mol. The summed E-state index contributed by atoms with van der Waals surface area (Å²) >= 11 is 1.79. The Morgan fingerprint density at radius 2 is 2.19 bits per heavy atom. The van der Waals surface area contributed by atoms with Gasteiger partial charge in [0.2, 0.25) is 0 Å². The van der Waals surface area contributed by atoms with Gasteiger partial charge in [-0.3, -0.25) is 4.79 Å². The van der Waals surface area contributed by atoms with Crippen molar-refractivity contribution in [3.8, 4) is 0 Å². The van der Waals surface area contributed by atoms with Crippen LogP contribution >= 0.6 is 11.3 Å². The summed E-state index contributed by atoms with van der Waals surface area (Å²) in [6, 6.07) is 8.46. The van der Waals surface area contributed by atoms with Crippen LogP contribution < -0.4 is 0 Å². The second kappa shape index (κ2) is 5.08. The van der Waals surface area contributed by atoms with Crippen LogP contribution in [0.5, 0.6) is 0 Å². The maximum atomic E-state index is 10.3. The van der Waals surface area contributed by atoms with Gasteiger partial charge >= 0.3 is 0 Å². The number of hydrogen-bond acceptors (Lipinski definition) is 2. The van der Waals surface area contributed by atoms with Crippen molar-refractivity contribution in [2.75, 3.05) is 0 Å². The quantitative estimate of drug-likeness (QED) is 0.573. The molecule has 2 rings (SSSR count). The number of aryl methyl sites for hydroxylation is 1. The zero-order chi connectivity index (χ0) is 11.4. The number of rotatable bonds is 4.